The number of imidazole rings is 1. The highest BCUT2D eigenvalue weighted by Gasteiger charge is 2.46. The molecule has 0 N–H and O–H groups in total. The third-order valence-electron chi connectivity index (χ3n) is 4.34. The predicted octanol–water partition coefficient (Wildman–Crippen LogP) is 4.26. The monoisotopic (exact) mass is 297 g/mol. The third-order valence-corrected chi connectivity index (χ3v) is 4.79. The SMILES string of the molecule is CC(C)C1(Cn2c(CCl)nc3cc(Cl)cnc32)CC1. The van der Waals surface area contributed by atoms with E-state index in [1.807, 2.05) is 6.07 Å². The molecule has 0 amide bonds. The quantitative estimate of drug-likeness (QED) is 0.790. The lowest BCUT2D eigenvalue weighted by molar-refractivity contribution is 0.309. The van der Waals surface area contributed by atoms with Crippen LogP contribution in [-0.4, -0.2) is 14.5 Å². The van der Waals surface area contributed by atoms with Crippen molar-refractivity contribution in [3.05, 3.63) is 23.1 Å². The van der Waals surface area contributed by atoms with Crippen molar-refractivity contribution in [2.24, 2.45) is 11.3 Å². The number of hydrogen-bond acceptors (Lipinski definition) is 2. The summed E-state index contributed by atoms with van der Waals surface area (Å²) in [5.74, 6) is 1.96. The molecule has 0 bridgehead atoms. The maximum absolute atomic E-state index is 6.03. The van der Waals surface area contributed by atoms with Gasteiger partial charge in [-0.3, -0.25) is 0 Å². The van der Waals surface area contributed by atoms with Crippen molar-refractivity contribution in [1.29, 1.82) is 0 Å². The molecule has 2 aromatic heterocycles. The van der Waals surface area contributed by atoms with Gasteiger partial charge in [-0.25, -0.2) is 9.97 Å². The molecular weight excluding hydrogens is 281 g/mol. The first-order valence-electron chi connectivity index (χ1n) is 6.62. The van der Waals surface area contributed by atoms with Crippen molar-refractivity contribution in [3.8, 4) is 0 Å². The van der Waals surface area contributed by atoms with Crippen molar-refractivity contribution in [2.75, 3.05) is 0 Å². The summed E-state index contributed by atoms with van der Waals surface area (Å²) in [7, 11) is 0. The van der Waals surface area contributed by atoms with Crippen molar-refractivity contribution in [1.82, 2.24) is 14.5 Å². The summed E-state index contributed by atoms with van der Waals surface area (Å²) in [5.41, 5.74) is 2.13. The summed E-state index contributed by atoms with van der Waals surface area (Å²) in [5, 5.41) is 0.614. The van der Waals surface area contributed by atoms with Gasteiger partial charge < -0.3 is 4.57 Å². The van der Waals surface area contributed by atoms with Crippen molar-refractivity contribution in [2.45, 2.75) is 39.1 Å². The fraction of sp³-hybridized carbons (Fsp3) is 0.571. The van der Waals surface area contributed by atoms with Gasteiger partial charge in [-0.15, -0.1) is 11.6 Å². The second-order valence-electron chi connectivity index (χ2n) is 5.76. The van der Waals surface area contributed by atoms with Gasteiger partial charge in [-0.1, -0.05) is 25.4 Å². The van der Waals surface area contributed by atoms with Crippen LogP contribution in [0.25, 0.3) is 11.2 Å². The molecule has 1 aliphatic rings. The molecule has 3 nitrogen and oxygen atoms in total. The van der Waals surface area contributed by atoms with Crippen LogP contribution in [0.15, 0.2) is 12.3 Å². The number of aromatic nitrogens is 3. The smallest absolute Gasteiger partial charge is 0.160 e. The molecule has 0 saturated heterocycles. The van der Waals surface area contributed by atoms with E-state index in [0.29, 0.717) is 22.2 Å². The lowest BCUT2D eigenvalue weighted by Crippen LogP contribution is -2.19. The molecule has 102 valence electrons. The van der Waals surface area contributed by atoms with Crippen molar-refractivity contribution < 1.29 is 0 Å². The molecule has 5 heteroatoms. The van der Waals surface area contributed by atoms with Crippen LogP contribution < -0.4 is 0 Å². The maximum Gasteiger partial charge on any atom is 0.160 e. The maximum atomic E-state index is 6.03. The van der Waals surface area contributed by atoms with E-state index in [4.69, 9.17) is 23.2 Å². The van der Waals surface area contributed by atoms with E-state index >= 15 is 0 Å². The van der Waals surface area contributed by atoms with Crippen LogP contribution >= 0.6 is 23.2 Å². The topological polar surface area (TPSA) is 30.7 Å². The van der Waals surface area contributed by atoms with Crippen LogP contribution in [0.5, 0.6) is 0 Å². The fourth-order valence-electron chi connectivity index (χ4n) is 2.69. The number of rotatable bonds is 4. The minimum Gasteiger partial charge on any atom is -0.311 e. The summed E-state index contributed by atoms with van der Waals surface area (Å²) in [4.78, 5) is 8.98. The lowest BCUT2D eigenvalue weighted by atomic mass is 9.92. The molecule has 2 aromatic rings. The first-order chi connectivity index (χ1) is 9.05. The normalized spacial score (nSPS) is 17.3. The Hall–Kier alpha value is -0.800. The average Bonchev–Trinajstić information content (AvgIpc) is 3.08. The molecular formula is C14H17Cl2N3. The Balaban J connectivity index is 2.06. The summed E-state index contributed by atoms with van der Waals surface area (Å²) < 4.78 is 2.17. The Morgan fingerprint density at radius 3 is 2.74 bits per heavy atom. The zero-order valence-electron chi connectivity index (χ0n) is 11.2. The fourth-order valence-corrected chi connectivity index (χ4v) is 3.05. The van der Waals surface area contributed by atoms with Crippen LogP contribution in [-0.2, 0) is 12.4 Å². The van der Waals surface area contributed by atoms with Crippen LogP contribution in [0.2, 0.25) is 5.02 Å². The van der Waals surface area contributed by atoms with Crippen molar-refractivity contribution in [3.63, 3.8) is 0 Å². The highest BCUT2D eigenvalue weighted by atomic mass is 35.5. The first-order valence-corrected chi connectivity index (χ1v) is 7.53. The molecule has 1 aliphatic carbocycles. The summed E-state index contributed by atoms with van der Waals surface area (Å²) in [6.07, 6.45) is 4.23. The van der Waals surface area contributed by atoms with Gasteiger partial charge in [0.1, 0.15) is 11.3 Å². The zero-order chi connectivity index (χ0) is 13.6. The standard InChI is InChI=1S/C14H17Cl2N3/c1-9(2)14(3-4-14)8-19-12(6-15)18-11-5-10(16)7-17-13(11)19/h5,7,9H,3-4,6,8H2,1-2H3. The Morgan fingerprint density at radius 1 is 1.42 bits per heavy atom. The highest BCUT2D eigenvalue weighted by Crippen LogP contribution is 2.53. The Morgan fingerprint density at radius 2 is 2.16 bits per heavy atom. The Labute approximate surface area is 122 Å². The molecule has 19 heavy (non-hydrogen) atoms. The number of hydrogen-bond donors (Lipinski definition) is 0. The number of alkyl halides is 1. The molecule has 2 heterocycles. The Bertz CT molecular complexity index is 614. The van der Waals surface area contributed by atoms with E-state index in [2.05, 4.69) is 28.4 Å². The van der Waals surface area contributed by atoms with Crippen LogP contribution in [0, 0.1) is 11.3 Å². The minimum absolute atomic E-state index is 0.399. The second kappa shape index (κ2) is 4.64. The summed E-state index contributed by atoms with van der Waals surface area (Å²) in [6, 6.07) is 1.85. The van der Waals surface area contributed by atoms with Gasteiger partial charge in [0.05, 0.1) is 10.9 Å². The third kappa shape index (κ3) is 2.23. The van der Waals surface area contributed by atoms with Gasteiger partial charge in [0.2, 0.25) is 0 Å². The van der Waals surface area contributed by atoms with Gasteiger partial charge in [0.25, 0.3) is 0 Å². The van der Waals surface area contributed by atoms with Gasteiger partial charge in [-0.2, -0.15) is 0 Å². The van der Waals surface area contributed by atoms with E-state index < -0.39 is 0 Å². The molecule has 0 radical (unpaired) electrons. The zero-order valence-corrected chi connectivity index (χ0v) is 12.7. The largest absolute Gasteiger partial charge is 0.311 e. The van der Waals surface area contributed by atoms with E-state index in [-0.39, 0.29) is 0 Å². The van der Waals surface area contributed by atoms with Crippen LogP contribution in [0.4, 0.5) is 0 Å². The van der Waals surface area contributed by atoms with Crippen LogP contribution in [0.3, 0.4) is 0 Å². The van der Waals surface area contributed by atoms with E-state index in [0.717, 1.165) is 23.5 Å². The van der Waals surface area contributed by atoms with Gasteiger partial charge in [0, 0.05) is 12.7 Å². The van der Waals surface area contributed by atoms with Crippen LogP contribution in [0.1, 0.15) is 32.5 Å². The number of halogens is 2. The molecule has 0 aliphatic heterocycles. The summed E-state index contributed by atoms with van der Waals surface area (Å²) >= 11 is 12.0. The van der Waals surface area contributed by atoms with E-state index in [1.165, 1.54) is 12.8 Å². The van der Waals surface area contributed by atoms with Gasteiger partial charge >= 0.3 is 0 Å². The van der Waals surface area contributed by atoms with E-state index in [1.54, 1.807) is 6.20 Å². The lowest BCUT2D eigenvalue weighted by Gasteiger charge is -2.21. The molecule has 0 aromatic carbocycles. The Kier molecular flexibility index (Phi) is 3.22. The molecule has 1 fully saturated rings. The van der Waals surface area contributed by atoms with Gasteiger partial charge in [-0.05, 0) is 30.2 Å². The van der Waals surface area contributed by atoms with Gasteiger partial charge in [0.15, 0.2) is 5.65 Å². The number of fused-ring (bicyclic) bond motifs is 1. The first kappa shape index (κ1) is 13.2. The second-order valence-corrected chi connectivity index (χ2v) is 6.46. The number of pyridine rings is 1. The van der Waals surface area contributed by atoms with Crippen molar-refractivity contribution >= 4 is 34.4 Å². The number of nitrogens with zero attached hydrogens (tertiary/aromatic N) is 3. The molecule has 1 saturated carbocycles. The molecule has 0 atom stereocenters. The molecule has 0 spiro atoms. The average molecular weight is 298 g/mol. The minimum atomic E-state index is 0.399. The highest BCUT2D eigenvalue weighted by molar-refractivity contribution is 6.31. The molecule has 0 unspecified atom stereocenters. The summed E-state index contributed by atoms with van der Waals surface area (Å²) in [6.45, 7) is 5.53. The predicted molar refractivity (Wildman–Crippen MR) is 78.6 cm³/mol. The van der Waals surface area contributed by atoms with E-state index in [9.17, 15) is 0 Å². The molecule has 3 rings (SSSR count).